The molecule has 4 rings (SSSR count). The van der Waals surface area contributed by atoms with E-state index in [4.69, 9.17) is 4.42 Å². The number of nitrogens with zero attached hydrogens (tertiary/aromatic N) is 4. The lowest BCUT2D eigenvalue weighted by Gasteiger charge is -2.17. The highest BCUT2D eigenvalue weighted by Crippen LogP contribution is 2.26. The van der Waals surface area contributed by atoms with Gasteiger partial charge in [-0.3, -0.25) is 9.36 Å². The van der Waals surface area contributed by atoms with Gasteiger partial charge in [-0.1, -0.05) is 27.7 Å². The van der Waals surface area contributed by atoms with Crippen LogP contribution in [-0.2, 0) is 11.3 Å². The summed E-state index contributed by atoms with van der Waals surface area (Å²) in [5.74, 6) is 1.85. The highest BCUT2D eigenvalue weighted by Gasteiger charge is 2.22. The Morgan fingerprint density at radius 1 is 1.28 bits per heavy atom. The molecule has 1 N–H and O–H groups in total. The van der Waals surface area contributed by atoms with Gasteiger partial charge in [0.25, 0.3) is 0 Å². The molecular weight excluding hydrogens is 454 g/mol. The lowest BCUT2D eigenvalue weighted by Crippen LogP contribution is -2.22. The van der Waals surface area contributed by atoms with E-state index in [0.717, 1.165) is 53.4 Å². The zero-order chi connectivity index (χ0) is 20.2. The van der Waals surface area contributed by atoms with Crippen molar-refractivity contribution in [1.29, 1.82) is 0 Å². The highest BCUT2D eigenvalue weighted by atomic mass is 79.9. The summed E-state index contributed by atoms with van der Waals surface area (Å²) in [6, 6.07) is 9.56. The van der Waals surface area contributed by atoms with Gasteiger partial charge in [0, 0.05) is 23.2 Å². The summed E-state index contributed by atoms with van der Waals surface area (Å²) >= 11 is 4.86. The zero-order valence-electron chi connectivity index (χ0n) is 16.1. The van der Waals surface area contributed by atoms with Crippen molar-refractivity contribution < 1.29 is 9.21 Å². The minimum Gasteiger partial charge on any atom is -0.467 e. The summed E-state index contributed by atoms with van der Waals surface area (Å²) in [5, 5.41) is 12.4. The number of thioether (sulfide) groups is 1. The molecule has 3 heterocycles. The van der Waals surface area contributed by atoms with E-state index in [1.165, 1.54) is 11.8 Å². The van der Waals surface area contributed by atoms with E-state index in [1.807, 2.05) is 41.8 Å². The third kappa shape index (κ3) is 4.84. The van der Waals surface area contributed by atoms with Crippen molar-refractivity contribution in [2.45, 2.75) is 31.5 Å². The van der Waals surface area contributed by atoms with E-state index in [9.17, 15) is 4.79 Å². The largest absolute Gasteiger partial charge is 0.467 e. The molecule has 2 aromatic heterocycles. The second-order valence-corrected chi connectivity index (χ2v) is 8.74. The van der Waals surface area contributed by atoms with Crippen LogP contribution >= 0.6 is 27.7 Å². The van der Waals surface area contributed by atoms with Crippen molar-refractivity contribution in [3.05, 3.63) is 52.4 Å². The number of hydrogen-bond donors (Lipinski definition) is 1. The molecule has 1 amide bonds. The molecule has 0 radical (unpaired) electrons. The molecule has 1 aliphatic heterocycles. The average Bonchev–Trinajstić information content (AvgIpc) is 3.45. The van der Waals surface area contributed by atoms with Gasteiger partial charge in [-0.2, -0.15) is 0 Å². The molecule has 29 heavy (non-hydrogen) atoms. The third-order valence-corrected chi connectivity index (χ3v) is 6.61. The number of carbonyl (C=O) groups is 1. The van der Waals surface area contributed by atoms with E-state index in [0.29, 0.717) is 11.7 Å². The standard InChI is InChI=1S/C20H22BrN5O2S/c1-14-11-15(6-7-17(14)21)22-18(27)13-29-20-24-23-19(25-8-2-3-9-25)26(20)12-16-5-4-10-28-16/h4-7,10-11H,2-3,8-9,12-13H2,1H3,(H,22,27). The van der Waals surface area contributed by atoms with E-state index < -0.39 is 0 Å². The van der Waals surface area contributed by atoms with Crippen LogP contribution in [0.3, 0.4) is 0 Å². The fourth-order valence-electron chi connectivity index (χ4n) is 3.29. The number of aromatic nitrogens is 3. The summed E-state index contributed by atoms with van der Waals surface area (Å²) in [7, 11) is 0. The second-order valence-electron chi connectivity index (χ2n) is 6.94. The number of benzene rings is 1. The molecule has 3 aromatic rings. The van der Waals surface area contributed by atoms with Crippen LogP contribution < -0.4 is 10.2 Å². The Bertz CT molecular complexity index is 983. The third-order valence-electron chi connectivity index (χ3n) is 4.75. The molecule has 9 heteroatoms. The molecule has 7 nitrogen and oxygen atoms in total. The minimum absolute atomic E-state index is 0.0769. The fraction of sp³-hybridized carbons (Fsp3) is 0.350. The van der Waals surface area contributed by atoms with Crippen molar-refractivity contribution in [2.75, 3.05) is 29.1 Å². The Balaban J connectivity index is 1.45. The molecule has 0 bridgehead atoms. The van der Waals surface area contributed by atoms with Crippen LogP contribution in [0, 0.1) is 6.92 Å². The molecule has 152 valence electrons. The van der Waals surface area contributed by atoms with Gasteiger partial charge in [0.05, 0.1) is 18.6 Å². The van der Waals surface area contributed by atoms with Gasteiger partial charge in [0.1, 0.15) is 5.76 Å². The number of amides is 1. The van der Waals surface area contributed by atoms with E-state index in [-0.39, 0.29) is 11.7 Å². The van der Waals surface area contributed by atoms with Gasteiger partial charge in [0.15, 0.2) is 5.16 Å². The van der Waals surface area contributed by atoms with Crippen LogP contribution in [-0.4, -0.2) is 39.5 Å². The van der Waals surface area contributed by atoms with Gasteiger partial charge in [0.2, 0.25) is 11.9 Å². The molecule has 1 saturated heterocycles. The molecule has 0 aliphatic carbocycles. The molecule has 0 saturated carbocycles. The number of aryl methyl sites for hydroxylation is 1. The Kier molecular flexibility index (Phi) is 6.25. The van der Waals surface area contributed by atoms with Crippen molar-refractivity contribution in [1.82, 2.24) is 14.8 Å². The maximum absolute atomic E-state index is 12.4. The van der Waals surface area contributed by atoms with Crippen LogP contribution in [0.1, 0.15) is 24.2 Å². The fourth-order valence-corrected chi connectivity index (χ4v) is 4.26. The SMILES string of the molecule is Cc1cc(NC(=O)CSc2nnc(N3CCCC3)n2Cc2ccco2)ccc1Br. The van der Waals surface area contributed by atoms with Crippen molar-refractivity contribution >= 4 is 45.2 Å². The first-order chi connectivity index (χ1) is 14.1. The summed E-state index contributed by atoms with van der Waals surface area (Å²) in [5.41, 5.74) is 1.86. The van der Waals surface area contributed by atoms with Crippen molar-refractivity contribution in [2.24, 2.45) is 0 Å². The lowest BCUT2D eigenvalue weighted by molar-refractivity contribution is -0.113. The van der Waals surface area contributed by atoms with Crippen LogP contribution in [0.15, 0.2) is 50.6 Å². The maximum Gasteiger partial charge on any atom is 0.234 e. The first kappa shape index (κ1) is 20.0. The summed E-state index contributed by atoms with van der Waals surface area (Å²) < 4.78 is 8.57. The van der Waals surface area contributed by atoms with Crippen LogP contribution in [0.5, 0.6) is 0 Å². The lowest BCUT2D eigenvalue weighted by atomic mass is 10.2. The number of carbonyl (C=O) groups excluding carboxylic acids is 1. The second kappa shape index (κ2) is 9.04. The van der Waals surface area contributed by atoms with Gasteiger partial charge >= 0.3 is 0 Å². The topological polar surface area (TPSA) is 76.2 Å². The van der Waals surface area contributed by atoms with Crippen molar-refractivity contribution in [3.8, 4) is 0 Å². The molecule has 1 aromatic carbocycles. The number of anilines is 2. The predicted molar refractivity (Wildman–Crippen MR) is 118 cm³/mol. The first-order valence-electron chi connectivity index (χ1n) is 9.49. The zero-order valence-corrected chi connectivity index (χ0v) is 18.5. The van der Waals surface area contributed by atoms with Crippen LogP contribution in [0.25, 0.3) is 0 Å². The first-order valence-corrected chi connectivity index (χ1v) is 11.3. The van der Waals surface area contributed by atoms with Crippen LogP contribution in [0.4, 0.5) is 11.6 Å². The van der Waals surface area contributed by atoms with Gasteiger partial charge in [-0.25, -0.2) is 0 Å². The predicted octanol–water partition coefficient (Wildman–Crippen LogP) is 4.32. The Morgan fingerprint density at radius 2 is 2.10 bits per heavy atom. The minimum atomic E-state index is -0.0769. The summed E-state index contributed by atoms with van der Waals surface area (Å²) in [4.78, 5) is 14.7. The normalized spacial score (nSPS) is 13.8. The number of nitrogens with one attached hydrogen (secondary N) is 1. The number of rotatable bonds is 7. The smallest absolute Gasteiger partial charge is 0.234 e. The maximum atomic E-state index is 12.4. The summed E-state index contributed by atoms with van der Waals surface area (Å²) in [6.07, 6.45) is 3.98. The van der Waals surface area contributed by atoms with Crippen molar-refractivity contribution in [3.63, 3.8) is 0 Å². The Morgan fingerprint density at radius 3 is 2.83 bits per heavy atom. The number of halogens is 1. The highest BCUT2D eigenvalue weighted by molar-refractivity contribution is 9.10. The molecule has 1 fully saturated rings. The molecular formula is C20H22BrN5O2S. The van der Waals surface area contributed by atoms with E-state index in [2.05, 4.69) is 36.3 Å². The number of furan rings is 1. The quantitative estimate of drug-likeness (QED) is 0.512. The number of hydrogen-bond acceptors (Lipinski definition) is 6. The average molecular weight is 476 g/mol. The van der Waals surface area contributed by atoms with Crippen LogP contribution in [0.2, 0.25) is 0 Å². The van der Waals surface area contributed by atoms with E-state index in [1.54, 1.807) is 6.26 Å². The van der Waals surface area contributed by atoms with Gasteiger partial charge in [-0.15, -0.1) is 10.2 Å². The molecule has 0 spiro atoms. The Labute approximate surface area is 182 Å². The van der Waals surface area contributed by atoms with Gasteiger partial charge in [-0.05, 0) is 55.7 Å². The van der Waals surface area contributed by atoms with Gasteiger partial charge < -0.3 is 14.6 Å². The molecule has 0 unspecified atom stereocenters. The Hall–Kier alpha value is -2.26. The molecule has 0 atom stereocenters. The van der Waals surface area contributed by atoms with E-state index >= 15 is 0 Å². The summed E-state index contributed by atoms with van der Waals surface area (Å²) in [6.45, 7) is 4.49. The monoisotopic (exact) mass is 475 g/mol. The molecule has 1 aliphatic rings.